The normalized spacial score (nSPS) is 15.1. The maximum Gasteiger partial charge on any atom is 0.416 e. The summed E-state index contributed by atoms with van der Waals surface area (Å²) in [5.41, 5.74) is -0.321. The lowest BCUT2D eigenvalue weighted by atomic mass is 9.92. The van der Waals surface area contributed by atoms with E-state index >= 15 is 0 Å². The van der Waals surface area contributed by atoms with Crippen molar-refractivity contribution in [2.45, 2.75) is 52.3 Å². The van der Waals surface area contributed by atoms with E-state index in [1.165, 1.54) is 12.4 Å². The summed E-state index contributed by atoms with van der Waals surface area (Å²) >= 11 is 0. The number of aromatic nitrogens is 1. The molecular formula is C15H23F3N2. The topological polar surface area (TPSA) is 24.9 Å². The predicted octanol–water partition coefficient (Wildman–Crippen LogP) is 4.58. The van der Waals surface area contributed by atoms with Crippen molar-refractivity contribution in [1.82, 2.24) is 10.3 Å². The summed E-state index contributed by atoms with van der Waals surface area (Å²) in [6.45, 7) is 6.81. The van der Waals surface area contributed by atoms with Gasteiger partial charge in [-0.2, -0.15) is 13.2 Å². The molecule has 114 valence electrons. The molecule has 2 atom stereocenters. The molecule has 1 aromatic heterocycles. The fourth-order valence-corrected chi connectivity index (χ4v) is 2.15. The first kappa shape index (κ1) is 17.0. The summed E-state index contributed by atoms with van der Waals surface area (Å²) in [5.74, 6) is 0.366. The monoisotopic (exact) mass is 288 g/mol. The van der Waals surface area contributed by atoms with Crippen LogP contribution in [0.25, 0.3) is 0 Å². The number of alkyl halides is 3. The highest BCUT2D eigenvalue weighted by atomic mass is 19.4. The molecule has 0 spiro atoms. The van der Waals surface area contributed by atoms with Gasteiger partial charge in [0, 0.05) is 18.4 Å². The van der Waals surface area contributed by atoms with Crippen LogP contribution in [0.5, 0.6) is 0 Å². The van der Waals surface area contributed by atoms with Gasteiger partial charge in [0.25, 0.3) is 0 Å². The van der Waals surface area contributed by atoms with Crippen LogP contribution < -0.4 is 5.32 Å². The zero-order valence-electron chi connectivity index (χ0n) is 12.3. The number of pyridine rings is 1. The minimum atomic E-state index is -4.33. The molecule has 1 aromatic rings. The number of nitrogens with zero attached hydrogens (tertiary/aromatic N) is 1. The quantitative estimate of drug-likeness (QED) is 0.794. The molecule has 0 saturated carbocycles. The summed E-state index contributed by atoms with van der Waals surface area (Å²) in [7, 11) is 0. The van der Waals surface area contributed by atoms with Gasteiger partial charge in [0.1, 0.15) is 0 Å². The van der Waals surface area contributed by atoms with Gasteiger partial charge in [-0.1, -0.05) is 27.2 Å². The zero-order valence-corrected chi connectivity index (χ0v) is 12.3. The maximum absolute atomic E-state index is 13.1. The smallest absolute Gasteiger partial charge is 0.310 e. The Morgan fingerprint density at radius 3 is 2.55 bits per heavy atom. The van der Waals surface area contributed by atoms with Crippen molar-refractivity contribution in [3.05, 3.63) is 29.6 Å². The maximum atomic E-state index is 13.1. The Morgan fingerprint density at radius 1 is 1.30 bits per heavy atom. The SMILES string of the molecule is CCCNC(CC(C)CC)c1cnccc1C(F)(F)F. The molecule has 5 heteroatoms. The Balaban J connectivity index is 3.06. The summed E-state index contributed by atoms with van der Waals surface area (Å²) < 4.78 is 39.3. The molecule has 1 heterocycles. The highest BCUT2D eigenvalue weighted by Gasteiger charge is 2.35. The summed E-state index contributed by atoms with van der Waals surface area (Å²) in [4.78, 5) is 3.88. The van der Waals surface area contributed by atoms with E-state index in [0.29, 0.717) is 18.9 Å². The standard InChI is InChI=1S/C15H23F3N2/c1-4-7-20-14(9-11(3)5-2)12-10-19-8-6-13(12)15(16,17)18/h6,8,10-11,14,20H,4-5,7,9H2,1-3H3. The van der Waals surface area contributed by atoms with Crippen molar-refractivity contribution in [1.29, 1.82) is 0 Å². The van der Waals surface area contributed by atoms with Crippen molar-refractivity contribution in [2.75, 3.05) is 6.54 Å². The predicted molar refractivity (Wildman–Crippen MR) is 74.3 cm³/mol. The molecule has 0 saturated heterocycles. The van der Waals surface area contributed by atoms with Crippen molar-refractivity contribution < 1.29 is 13.2 Å². The molecule has 1 N–H and O–H groups in total. The highest BCUT2D eigenvalue weighted by Crippen LogP contribution is 2.36. The second kappa shape index (κ2) is 7.62. The third kappa shape index (κ3) is 4.78. The number of hydrogen-bond acceptors (Lipinski definition) is 2. The second-order valence-corrected chi connectivity index (χ2v) is 5.22. The molecule has 0 aliphatic rings. The van der Waals surface area contributed by atoms with Crippen LogP contribution in [-0.4, -0.2) is 11.5 Å². The largest absolute Gasteiger partial charge is 0.416 e. The Kier molecular flexibility index (Phi) is 6.46. The van der Waals surface area contributed by atoms with Crippen LogP contribution >= 0.6 is 0 Å². The summed E-state index contributed by atoms with van der Waals surface area (Å²) in [6, 6.07) is 0.766. The molecule has 0 aliphatic heterocycles. The number of hydrogen-bond donors (Lipinski definition) is 1. The van der Waals surface area contributed by atoms with Gasteiger partial charge in [0.2, 0.25) is 0 Å². The van der Waals surface area contributed by atoms with Crippen LogP contribution in [0.15, 0.2) is 18.5 Å². The Morgan fingerprint density at radius 2 is 2.00 bits per heavy atom. The Hall–Kier alpha value is -1.10. The van der Waals surface area contributed by atoms with Gasteiger partial charge in [-0.15, -0.1) is 0 Å². The van der Waals surface area contributed by atoms with Crippen molar-refractivity contribution >= 4 is 0 Å². The minimum Gasteiger partial charge on any atom is -0.310 e. The molecule has 20 heavy (non-hydrogen) atoms. The van der Waals surface area contributed by atoms with Gasteiger partial charge >= 0.3 is 6.18 Å². The van der Waals surface area contributed by atoms with Gasteiger partial charge in [-0.05, 0) is 36.9 Å². The van der Waals surface area contributed by atoms with E-state index in [4.69, 9.17) is 0 Å². The van der Waals surface area contributed by atoms with E-state index < -0.39 is 11.7 Å². The van der Waals surface area contributed by atoms with E-state index in [2.05, 4.69) is 24.1 Å². The van der Waals surface area contributed by atoms with E-state index in [-0.39, 0.29) is 11.6 Å². The molecule has 0 aliphatic carbocycles. The lowest BCUT2D eigenvalue weighted by Gasteiger charge is -2.24. The molecule has 0 fully saturated rings. The Bertz CT molecular complexity index is 404. The van der Waals surface area contributed by atoms with Crippen LogP contribution in [-0.2, 0) is 6.18 Å². The molecule has 2 unspecified atom stereocenters. The van der Waals surface area contributed by atoms with Gasteiger partial charge < -0.3 is 5.32 Å². The number of nitrogens with one attached hydrogen (secondary N) is 1. The molecular weight excluding hydrogens is 265 g/mol. The van der Waals surface area contributed by atoms with E-state index in [9.17, 15) is 13.2 Å². The third-order valence-corrected chi connectivity index (χ3v) is 3.51. The van der Waals surface area contributed by atoms with Gasteiger partial charge in [-0.3, -0.25) is 4.98 Å². The summed E-state index contributed by atoms with van der Waals surface area (Å²) in [5, 5.41) is 3.22. The summed E-state index contributed by atoms with van der Waals surface area (Å²) in [6.07, 6.45) is 0.737. The van der Waals surface area contributed by atoms with Crippen molar-refractivity contribution in [3.63, 3.8) is 0 Å². The fourth-order valence-electron chi connectivity index (χ4n) is 2.15. The van der Waals surface area contributed by atoms with Crippen LogP contribution in [0.3, 0.4) is 0 Å². The fraction of sp³-hybridized carbons (Fsp3) is 0.667. The van der Waals surface area contributed by atoms with Gasteiger partial charge in [0.05, 0.1) is 5.56 Å². The molecule has 0 amide bonds. The van der Waals surface area contributed by atoms with E-state index in [1.54, 1.807) is 0 Å². The zero-order chi connectivity index (χ0) is 15.2. The van der Waals surface area contributed by atoms with Crippen LogP contribution in [0.4, 0.5) is 13.2 Å². The molecule has 0 aromatic carbocycles. The van der Waals surface area contributed by atoms with E-state index in [1.807, 2.05) is 6.92 Å². The molecule has 0 radical (unpaired) electrons. The van der Waals surface area contributed by atoms with Crippen molar-refractivity contribution in [3.8, 4) is 0 Å². The average molecular weight is 288 g/mol. The average Bonchev–Trinajstić information content (AvgIpc) is 2.42. The first-order valence-electron chi connectivity index (χ1n) is 7.14. The Labute approximate surface area is 118 Å². The van der Waals surface area contributed by atoms with Crippen LogP contribution in [0.2, 0.25) is 0 Å². The lowest BCUT2D eigenvalue weighted by molar-refractivity contribution is -0.138. The van der Waals surface area contributed by atoms with Crippen LogP contribution in [0, 0.1) is 5.92 Å². The molecule has 2 nitrogen and oxygen atoms in total. The first-order chi connectivity index (χ1) is 9.40. The number of halogens is 3. The lowest BCUT2D eigenvalue weighted by Crippen LogP contribution is -2.26. The highest BCUT2D eigenvalue weighted by molar-refractivity contribution is 5.29. The van der Waals surface area contributed by atoms with E-state index in [0.717, 1.165) is 18.9 Å². The van der Waals surface area contributed by atoms with Crippen molar-refractivity contribution in [2.24, 2.45) is 5.92 Å². The third-order valence-electron chi connectivity index (χ3n) is 3.51. The molecule has 1 rings (SSSR count). The van der Waals surface area contributed by atoms with Gasteiger partial charge in [0.15, 0.2) is 0 Å². The molecule has 0 bridgehead atoms. The second-order valence-electron chi connectivity index (χ2n) is 5.22. The number of rotatable bonds is 7. The first-order valence-corrected chi connectivity index (χ1v) is 7.14. The van der Waals surface area contributed by atoms with Crippen LogP contribution in [0.1, 0.15) is 57.2 Å². The minimum absolute atomic E-state index is 0.258. The van der Waals surface area contributed by atoms with Gasteiger partial charge in [-0.25, -0.2) is 0 Å².